The standard InChI is InChI=1S/2C12H10O5S2.Mg/c2*13-18(14,10-6-2-1-3-7-10)11-8-4-5-9-12(11)19(15,16)17;/h2*1-9H,(H,15,16,17);/q;;+2/p-2. The summed E-state index contributed by atoms with van der Waals surface area (Å²) in [5, 5.41) is 0. The summed E-state index contributed by atoms with van der Waals surface area (Å²) in [4.78, 5) is -2.61. The second kappa shape index (κ2) is 12.7. The summed E-state index contributed by atoms with van der Waals surface area (Å²) in [6.45, 7) is 0. The number of hydrogen-bond donors (Lipinski definition) is 0. The Balaban J connectivity index is 0.000000267. The molecule has 4 rings (SSSR count). The van der Waals surface area contributed by atoms with E-state index in [4.69, 9.17) is 0 Å². The van der Waals surface area contributed by atoms with Gasteiger partial charge in [0, 0.05) is 0 Å². The topological polar surface area (TPSA) is 183 Å². The van der Waals surface area contributed by atoms with Crippen molar-refractivity contribution in [3.63, 3.8) is 0 Å². The first-order valence-corrected chi connectivity index (χ1v) is 16.2. The average molecular weight is 619 g/mol. The molecule has 200 valence electrons. The molecule has 0 fully saturated rings. The van der Waals surface area contributed by atoms with E-state index in [2.05, 4.69) is 0 Å². The molecular weight excluding hydrogens is 601 g/mol. The van der Waals surface area contributed by atoms with Gasteiger partial charge in [-0.2, -0.15) is 0 Å². The SMILES string of the molecule is O=S(=O)([O-])c1ccccc1S(=O)(=O)c1ccccc1.O=S(=O)([O-])c1ccccc1S(=O)(=O)c1ccccc1.[Mg+2]. The monoisotopic (exact) mass is 618 g/mol. The second-order valence-electron chi connectivity index (χ2n) is 7.43. The molecule has 4 aromatic rings. The molecule has 0 radical (unpaired) electrons. The van der Waals surface area contributed by atoms with Crippen LogP contribution in [0, 0.1) is 0 Å². The van der Waals surface area contributed by atoms with Crippen molar-refractivity contribution in [1.82, 2.24) is 0 Å². The fourth-order valence-electron chi connectivity index (χ4n) is 3.21. The van der Waals surface area contributed by atoms with Crippen molar-refractivity contribution in [2.75, 3.05) is 0 Å². The van der Waals surface area contributed by atoms with Crippen LogP contribution in [-0.4, -0.2) is 65.8 Å². The van der Waals surface area contributed by atoms with Gasteiger partial charge in [-0.3, -0.25) is 0 Å². The van der Waals surface area contributed by atoms with Gasteiger partial charge in [0.05, 0.1) is 29.4 Å². The van der Waals surface area contributed by atoms with Crippen LogP contribution in [0.4, 0.5) is 0 Å². The van der Waals surface area contributed by atoms with Gasteiger partial charge < -0.3 is 9.11 Å². The van der Waals surface area contributed by atoms with Crippen molar-refractivity contribution in [3.05, 3.63) is 109 Å². The van der Waals surface area contributed by atoms with Crippen LogP contribution in [0.3, 0.4) is 0 Å². The first-order valence-electron chi connectivity index (χ1n) is 10.4. The summed E-state index contributed by atoms with van der Waals surface area (Å²) in [6.07, 6.45) is 0. The predicted molar refractivity (Wildman–Crippen MR) is 138 cm³/mol. The molecule has 0 aromatic heterocycles. The molecule has 0 saturated carbocycles. The van der Waals surface area contributed by atoms with E-state index in [9.17, 15) is 42.8 Å². The average Bonchev–Trinajstić information content (AvgIpc) is 2.89. The molecule has 39 heavy (non-hydrogen) atoms. The molecule has 15 heteroatoms. The van der Waals surface area contributed by atoms with E-state index in [1.807, 2.05) is 0 Å². The molecule has 0 aliphatic carbocycles. The van der Waals surface area contributed by atoms with E-state index in [0.717, 1.165) is 24.3 Å². The van der Waals surface area contributed by atoms with Crippen LogP contribution in [-0.2, 0) is 39.9 Å². The molecule has 0 atom stereocenters. The Hall–Kier alpha value is -2.63. The van der Waals surface area contributed by atoms with Gasteiger partial charge in [0.25, 0.3) is 0 Å². The fraction of sp³-hybridized carbons (Fsp3) is 0. The fourth-order valence-corrected chi connectivity index (χ4v) is 8.32. The minimum absolute atomic E-state index is 0. The first-order chi connectivity index (χ1) is 17.7. The molecule has 0 heterocycles. The third-order valence-corrected chi connectivity index (χ3v) is 10.6. The third-order valence-electron chi connectivity index (χ3n) is 4.92. The van der Waals surface area contributed by atoms with Crippen molar-refractivity contribution in [2.24, 2.45) is 0 Å². The minimum atomic E-state index is -4.85. The number of rotatable bonds is 6. The van der Waals surface area contributed by atoms with Crippen molar-refractivity contribution in [3.8, 4) is 0 Å². The van der Waals surface area contributed by atoms with Crippen LogP contribution in [0.15, 0.2) is 139 Å². The van der Waals surface area contributed by atoms with Crippen LogP contribution in [0.2, 0.25) is 0 Å². The van der Waals surface area contributed by atoms with E-state index in [0.29, 0.717) is 0 Å². The maximum Gasteiger partial charge on any atom is 2.00 e. The predicted octanol–water partition coefficient (Wildman–Crippen LogP) is 2.47. The van der Waals surface area contributed by atoms with Crippen molar-refractivity contribution in [2.45, 2.75) is 29.4 Å². The molecule has 10 nitrogen and oxygen atoms in total. The summed E-state index contributed by atoms with van der Waals surface area (Å²) in [6, 6.07) is 24.2. The normalized spacial score (nSPS) is 11.9. The first kappa shape index (κ1) is 32.6. The van der Waals surface area contributed by atoms with Gasteiger partial charge in [0.1, 0.15) is 20.2 Å². The number of benzene rings is 4. The Morgan fingerprint density at radius 3 is 0.846 bits per heavy atom. The van der Waals surface area contributed by atoms with Crippen molar-refractivity contribution >= 4 is 63.0 Å². The zero-order chi connectivity index (χ0) is 28.2. The Bertz CT molecular complexity index is 1730. The van der Waals surface area contributed by atoms with Gasteiger partial charge in [-0.15, -0.1) is 0 Å². The third kappa shape index (κ3) is 7.73. The van der Waals surface area contributed by atoms with Crippen LogP contribution in [0.25, 0.3) is 0 Å². The van der Waals surface area contributed by atoms with Crippen LogP contribution in [0.1, 0.15) is 0 Å². The van der Waals surface area contributed by atoms with E-state index in [1.165, 1.54) is 72.8 Å². The largest absolute Gasteiger partial charge is 2.00 e. The minimum Gasteiger partial charge on any atom is -0.744 e. The zero-order valence-electron chi connectivity index (χ0n) is 19.8. The van der Waals surface area contributed by atoms with Crippen molar-refractivity contribution < 1.29 is 42.8 Å². The summed E-state index contributed by atoms with van der Waals surface area (Å²) < 4.78 is 116. The molecule has 4 aromatic carbocycles. The molecule has 0 spiro atoms. The van der Waals surface area contributed by atoms with E-state index in [1.54, 1.807) is 12.1 Å². The summed E-state index contributed by atoms with van der Waals surface area (Å²) in [5.74, 6) is 0. The van der Waals surface area contributed by atoms with Gasteiger partial charge >= 0.3 is 23.1 Å². The molecule has 0 unspecified atom stereocenters. The summed E-state index contributed by atoms with van der Waals surface area (Å²) in [7, 11) is -17.8. The molecule has 0 amide bonds. The zero-order valence-corrected chi connectivity index (χ0v) is 24.5. The van der Waals surface area contributed by atoms with E-state index in [-0.39, 0.29) is 32.8 Å². The Kier molecular flexibility index (Phi) is 10.6. The van der Waals surface area contributed by atoms with Gasteiger partial charge in [0.2, 0.25) is 19.7 Å². The Morgan fingerprint density at radius 2 is 0.590 bits per heavy atom. The molecule has 0 saturated heterocycles. The molecule has 0 aliphatic rings. The molecule has 0 bridgehead atoms. The second-order valence-corrected chi connectivity index (χ2v) is 14.0. The summed E-state index contributed by atoms with van der Waals surface area (Å²) >= 11 is 0. The quantitative estimate of drug-likeness (QED) is 0.230. The maximum absolute atomic E-state index is 12.3. The Morgan fingerprint density at radius 1 is 0.359 bits per heavy atom. The van der Waals surface area contributed by atoms with E-state index < -0.39 is 59.5 Å². The van der Waals surface area contributed by atoms with Gasteiger partial charge in [-0.1, -0.05) is 60.7 Å². The number of sulfone groups is 2. The smallest absolute Gasteiger partial charge is 0.744 e. The van der Waals surface area contributed by atoms with Crippen LogP contribution < -0.4 is 0 Å². The van der Waals surface area contributed by atoms with Gasteiger partial charge in [0.15, 0.2) is 0 Å². The van der Waals surface area contributed by atoms with Gasteiger partial charge in [-0.25, -0.2) is 33.7 Å². The number of hydrogen-bond acceptors (Lipinski definition) is 10. The Labute approximate surface area is 242 Å². The molecule has 0 aliphatic heterocycles. The van der Waals surface area contributed by atoms with E-state index >= 15 is 0 Å². The molecular formula is C24H18MgO10S4. The van der Waals surface area contributed by atoms with Crippen LogP contribution >= 0.6 is 0 Å². The van der Waals surface area contributed by atoms with Gasteiger partial charge in [-0.05, 0) is 48.5 Å². The molecule has 0 N–H and O–H groups in total. The summed E-state index contributed by atoms with van der Waals surface area (Å²) in [5.41, 5.74) is 0. The van der Waals surface area contributed by atoms with Crippen LogP contribution in [0.5, 0.6) is 0 Å². The van der Waals surface area contributed by atoms with Crippen molar-refractivity contribution in [1.29, 1.82) is 0 Å². The maximum atomic E-state index is 12.3.